The number of cyclic esters (lactones) is 1. The molecule has 166 valence electrons. The zero-order chi connectivity index (χ0) is 22.2. The Kier molecular flexibility index (Phi) is 7.34. The fourth-order valence-electron chi connectivity index (χ4n) is 3.79. The number of alkyl carbamates (subject to hydrolysis) is 2. The predicted octanol–water partition coefficient (Wildman–Crippen LogP) is 4.09. The van der Waals surface area contributed by atoms with Crippen molar-refractivity contribution in [1.29, 1.82) is 0 Å². The summed E-state index contributed by atoms with van der Waals surface area (Å²) in [5, 5.41) is 5.82. The maximum Gasteiger partial charge on any atom is 0.407 e. The second kappa shape index (κ2) is 10.8. The van der Waals surface area contributed by atoms with Crippen LogP contribution in [0.1, 0.15) is 22.4 Å². The quantitative estimate of drug-likeness (QED) is 0.538. The van der Waals surface area contributed by atoms with E-state index >= 15 is 0 Å². The number of ether oxygens (including phenoxy) is 2. The van der Waals surface area contributed by atoms with Gasteiger partial charge in [0.1, 0.15) is 12.7 Å². The number of carbonyl (C=O) groups excluding carboxylic acids is 2. The zero-order valence-electron chi connectivity index (χ0n) is 17.5. The molecule has 2 aromatic carbocycles. The minimum atomic E-state index is -0.548. The molecule has 32 heavy (non-hydrogen) atoms. The monoisotopic (exact) mass is 451 g/mol. The van der Waals surface area contributed by atoms with Gasteiger partial charge in [0.05, 0.1) is 16.4 Å². The highest BCUT2D eigenvalue weighted by Crippen LogP contribution is 2.20. The van der Waals surface area contributed by atoms with Crippen LogP contribution in [0.15, 0.2) is 72.4 Å². The summed E-state index contributed by atoms with van der Waals surface area (Å²) in [5.41, 5.74) is 3.86. The molecule has 0 spiro atoms. The van der Waals surface area contributed by atoms with Crippen molar-refractivity contribution < 1.29 is 19.1 Å². The molecular formula is C24H25N3O4S. The summed E-state index contributed by atoms with van der Waals surface area (Å²) in [6, 6.07) is 19.3. The van der Waals surface area contributed by atoms with Crippen LogP contribution < -0.4 is 10.6 Å². The van der Waals surface area contributed by atoms with Crippen LogP contribution in [0.5, 0.6) is 0 Å². The molecule has 0 saturated carbocycles. The lowest BCUT2D eigenvalue weighted by molar-refractivity contribution is 0.0342. The van der Waals surface area contributed by atoms with Crippen molar-refractivity contribution in [2.45, 2.75) is 44.1 Å². The van der Waals surface area contributed by atoms with Crippen molar-refractivity contribution >= 4 is 23.5 Å². The Morgan fingerprint density at radius 1 is 1.16 bits per heavy atom. The number of amides is 2. The Balaban J connectivity index is 1.44. The number of nitrogens with zero attached hydrogens (tertiary/aromatic N) is 1. The van der Waals surface area contributed by atoms with E-state index in [0.29, 0.717) is 19.3 Å². The van der Waals surface area contributed by atoms with Crippen LogP contribution in [0.4, 0.5) is 9.59 Å². The molecule has 0 aliphatic carbocycles. The van der Waals surface area contributed by atoms with E-state index in [1.165, 1.54) is 11.3 Å². The van der Waals surface area contributed by atoms with E-state index in [-0.39, 0.29) is 12.6 Å². The zero-order valence-corrected chi connectivity index (χ0v) is 18.3. The smallest absolute Gasteiger partial charge is 0.407 e. The van der Waals surface area contributed by atoms with Gasteiger partial charge in [-0.05, 0) is 24.0 Å². The number of rotatable bonds is 8. The normalized spacial score (nSPS) is 18.8. The van der Waals surface area contributed by atoms with Gasteiger partial charge < -0.3 is 20.1 Å². The van der Waals surface area contributed by atoms with Crippen molar-refractivity contribution in [2.75, 3.05) is 0 Å². The number of hydrogen-bond acceptors (Lipinski definition) is 6. The number of carbonyl (C=O) groups is 2. The van der Waals surface area contributed by atoms with Gasteiger partial charge in [0.25, 0.3) is 0 Å². The van der Waals surface area contributed by atoms with Gasteiger partial charge in [-0.15, -0.1) is 11.3 Å². The maximum atomic E-state index is 12.5. The molecule has 2 heterocycles. The van der Waals surface area contributed by atoms with Crippen LogP contribution in [0.3, 0.4) is 0 Å². The maximum absolute atomic E-state index is 12.5. The minimum Gasteiger partial charge on any atom is -0.444 e. The third-order valence-electron chi connectivity index (χ3n) is 5.30. The molecule has 2 amide bonds. The van der Waals surface area contributed by atoms with Crippen LogP contribution in [0.25, 0.3) is 0 Å². The van der Waals surface area contributed by atoms with Gasteiger partial charge in [-0.3, -0.25) is 4.98 Å². The van der Waals surface area contributed by atoms with Gasteiger partial charge in [-0.2, -0.15) is 0 Å². The van der Waals surface area contributed by atoms with Gasteiger partial charge in [0.15, 0.2) is 0 Å². The van der Waals surface area contributed by atoms with Crippen LogP contribution >= 0.6 is 11.3 Å². The van der Waals surface area contributed by atoms with Crippen LogP contribution in [-0.4, -0.2) is 35.4 Å². The minimum absolute atomic E-state index is 0.0862. The average molecular weight is 452 g/mol. The summed E-state index contributed by atoms with van der Waals surface area (Å²) >= 11 is 1.42. The van der Waals surface area contributed by atoms with Gasteiger partial charge >= 0.3 is 12.2 Å². The van der Waals surface area contributed by atoms with Crippen molar-refractivity contribution in [1.82, 2.24) is 15.6 Å². The second-order valence-corrected chi connectivity index (χ2v) is 8.67. The summed E-state index contributed by atoms with van der Waals surface area (Å²) in [4.78, 5) is 29.7. The van der Waals surface area contributed by atoms with Crippen molar-refractivity contribution in [3.8, 4) is 0 Å². The van der Waals surface area contributed by atoms with E-state index in [1.807, 2.05) is 60.7 Å². The Morgan fingerprint density at radius 3 is 2.56 bits per heavy atom. The number of aromatic nitrogens is 1. The van der Waals surface area contributed by atoms with E-state index in [1.54, 1.807) is 11.7 Å². The number of nitrogens with one attached hydrogen (secondary N) is 2. The lowest BCUT2D eigenvalue weighted by atomic mass is 9.93. The third kappa shape index (κ3) is 6.31. The summed E-state index contributed by atoms with van der Waals surface area (Å²) in [6.45, 7) is 0.150. The van der Waals surface area contributed by atoms with Crippen LogP contribution in [-0.2, 0) is 28.9 Å². The van der Waals surface area contributed by atoms with Crippen LogP contribution in [0, 0.1) is 0 Å². The summed E-state index contributed by atoms with van der Waals surface area (Å²) < 4.78 is 11.0. The molecule has 1 aromatic heterocycles. The van der Waals surface area contributed by atoms with E-state index in [0.717, 1.165) is 16.0 Å². The molecule has 8 heteroatoms. The van der Waals surface area contributed by atoms with E-state index in [4.69, 9.17) is 9.47 Å². The van der Waals surface area contributed by atoms with E-state index in [9.17, 15) is 9.59 Å². The van der Waals surface area contributed by atoms with Crippen LogP contribution in [0.2, 0.25) is 0 Å². The van der Waals surface area contributed by atoms with Gasteiger partial charge in [0, 0.05) is 18.7 Å². The Morgan fingerprint density at radius 2 is 1.88 bits per heavy atom. The van der Waals surface area contributed by atoms with Gasteiger partial charge in [-0.1, -0.05) is 60.7 Å². The lowest BCUT2D eigenvalue weighted by Crippen LogP contribution is -2.55. The summed E-state index contributed by atoms with van der Waals surface area (Å²) in [6.07, 6.45) is 1.96. The van der Waals surface area contributed by atoms with Crippen molar-refractivity contribution in [3.63, 3.8) is 0 Å². The Hall–Kier alpha value is -3.39. The first kappa shape index (κ1) is 21.8. The first-order valence-electron chi connectivity index (χ1n) is 10.5. The topological polar surface area (TPSA) is 89.6 Å². The first-order valence-corrected chi connectivity index (χ1v) is 11.4. The molecule has 1 aliphatic rings. The first-order chi connectivity index (χ1) is 15.7. The largest absolute Gasteiger partial charge is 0.444 e. The van der Waals surface area contributed by atoms with Crippen molar-refractivity contribution in [3.05, 3.63) is 88.4 Å². The molecule has 1 fully saturated rings. The molecule has 0 bridgehead atoms. The fraction of sp³-hybridized carbons (Fsp3) is 0.292. The molecule has 0 radical (unpaired) electrons. The third-order valence-corrected chi connectivity index (χ3v) is 6.05. The van der Waals surface area contributed by atoms with E-state index < -0.39 is 24.3 Å². The molecule has 1 aliphatic heterocycles. The molecule has 3 unspecified atom stereocenters. The highest BCUT2D eigenvalue weighted by molar-refractivity contribution is 7.09. The molecule has 3 atom stereocenters. The molecule has 3 aromatic rings. The Bertz CT molecular complexity index is 999. The summed E-state index contributed by atoms with van der Waals surface area (Å²) in [7, 11) is 0. The number of thiazole rings is 1. The predicted molar refractivity (Wildman–Crippen MR) is 121 cm³/mol. The molecule has 1 saturated heterocycles. The Labute approximate surface area is 190 Å². The standard InChI is InChI=1S/C24H25N3O4S/c28-23(30-15-20-14-25-16-32-20)27-21(12-18-9-5-2-6-10-18)22-13-19(26-24(29)31-22)11-17-7-3-1-4-8-17/h1-10,14,16,19,21-22H,11-13,15H2,(H,26,29)(H,27,28). The number of benzene rings is 2. The number of hydrogen-bond donors (Lipinski definition) is 2. The highest BCUT2D eigenvalue weighted by atomic mass is 32.1. The SMILES string of the molecule is O=C(NC(Cc1ccccc1)C1CC(Cc2ccccc2)NC(=O)O1)OCc1cncs1. The van der Waals surface area contributed by atoms with Crippen molar-refractivity contribution in [2.24, 2.45) is 0 Å². The molecule has 4 rings (SSSR count). The molecular weight excluding hydrogens is 426 g/mol. The lowest BCUT2D eigenvalue weighted by Gasteiger charge is -2.35. The molecule has 2 N–H and O–H groups in total. The fourth-order valence-corrected chi connectivity index (χ4v) is 4.30. The summed E-state index contributed by atoms with van der Waals surface area (Å²) in [5.74, 6) is 0. The molecule has 7 nitrogen and oxygen atoms in total. The van der Waals surface area contributed by atoms with Gasteiger partial charge in [-0.25, -0.2) is 9.59 Å². The van der Waals surface area contributed by atoms with E-state index in [2.05, 4.69) is 15.6 Å². The highest BCUT2D eigenvalue weighted by Gasteiger charge is 2.35. The van der Waals surface area contributed by atoms with Gasteiger partial charge in [0.2, 0.25) is 0 Å². The average Bonchev–Trinajstić information content (AvgIpc) is 3.32. The second-order valence-electron chi connectivity index (χ2n) is 7.69.